The van der Waals surface area contributed by atoms with Crippen molar-refractivity contribution in [3.63, 3.8) is 0 Å². The van der Waals surface area contributed by atoms with Crippen molar-refractivity contribution in [3.05, 3.63) is 42.5 Å². The molecule has 4 atom stereocenters. The first-order chi connectivity index (χ1) is 9.79. The molecule has 0 radical (unpaired) electrons. The lowest BCUT2D eigenvalue weighted by Crippen LogP contribution is -2.29. The molecule has 0 spiro atoms. The van der Waals surface area contributed by atoms with Crippen molar-refractivity contribution in [2.24, 2.45) is 17.8 Å². The Morgan fingerprint density at radius 3 is 2.60 bits per heavy atom. The minimum absolute atomic E-state index is 0.603. The smallest absolute Gasteiger partial charge is 0.0348 e. The highest BCUT2D eigenvalue weighted by molar-refractivity contribution is 5.85. The monoisotopic (exact) mass is 265 g/mol. The summed E-state index contributed by atoms with van der Waals surface area (Å²) in [6.45, 7) is 2.38. The molecule has 0 aromatic heterocycles. The fraction of sp³-hybridized carbons (Fsp3) is 0.474. The van der Waals surface area contributed by atoms with Crippen LogP contribution in [0.3, 0.4) is 0 Å². The maximum absolute atomic E-state index is 3.76. The predicted octanol–water partition coefficient (Wildman–Crippen LogP) is 5.08. The van der Waals surface area contributed by atoms with Gasteiger partial charge in [-0.25, -0.2) is 0 Å². The second-order valence-corrected chi connectivity index (χ2v) is 6.83. The Bertz CT molecular complexity index is 618. The molecule has 104 valence electrons. The zero-order valence-electron chi connectivity index (χ0n) is 12.2. The van der Waals surface area contributed by atoms with E-state index in [4.69, 9.17) is 0 Å². The summed E-state index contributed by atoms with van der Waals surface area (Å²) in [5.41, 5.74) is 1.28. The average molecular weight is 265 g/mol. The van der Waals surface area contributed by atoms with E-state index in [-0.39, 0.29) is 0 Å². The maximum atomic E-state index is 3.76. The summed E-state index contributed by atoms with van der Waals surface area (Å²) in [5.74, 6) is 2.91. The maximum Gasteiger partial charge on any atom is 0.0348 e. The lowest BCUT2D eigenvalue weighted by atomic mass is 9.84. The third-order valence-electron chi connectivity index (χ3n) is 5.58. The molecule has 2 aliphatic carbocycles. The molecule has 0 heterocycles. The van der Waals surface area contributed by atoms with Crippen molar-refractivity contribution in [1.29, 1.82) is 0 Å². The molecule has 2 bridgehead atoms. The normalized spacial score (nSPS) is 29.8. The van der Waals surface area contributed by atoms with Crippen molar-refractivity contribution in [1.82, 2.24) is 0 Å². The first-order valence-electron chi connectivity index (χ1n) is 8.05. The molecule has 2 saturated carbocycles. The minimum Gasteiger partial charge on any atom is -0.382 e. The Morgan fingerprint density at radius 1 is 1.00 bits per heavy atom. The lowest BCUT2D eigenvalue weighted by Gasteiger charge is -2.29. The largest absolute Gasteiger partial charge is 0.382 e. The molecule has 4 unspecified atom stereocenters. The highest BCUT2D eigenvalue weighted by Crippen LogP contribution is 2.49. The third kappa shape index (κ3) is 2.09. The predicted molar refractivity (Wildman–Crippen MR) is 86.0 cm³/mol. The van der Waals surface area contributed by atoms with E-state index in [2.05, 4.69) is 54.7 Å². The molecule has 4 rings (SSSR count). The van der Waals surface area contributed by atoms with Gasteiger partial charge in [0.1, 0.15) is 0 Å². The van der Waals surface area contributed by atoms with Gasteiger partial charge in [0, 0.05) is 11.7 Å². The topological polar surface area (TPSA) is 12.0 Å². The standard InChI is InChI=1S/C19H23N/c1-13(19-11-14-6-7-17(19)10-14)20-18-9-8-15-4-2-3-5-16(15)12-18/h2-5,8-9,12-14,17,19-20H,6-7,10-11H2,1H3. The molecule has 20 heavy (non-hydrogen) atoms. The summed E-state index contributed by atoms with van der Waals surface area (Å²) in [7, 11) is 0. The number of anilines is 1. The van der Waals surface area contributed by atoms with Crippen LogP contribution in [0.1, 0.15) is 32.6 Å². The van der Waals surface area contributed by atoms with E-state index in [1.54, 1.807) is 0 Å². The first-order valence-corrected chi connectivity index (χ1v) is 8.05. The van der Waals surface area contributed by atoms with Gasteiger partial charge in [0.2, 0.25) is 0 Å². The Labute approximate surface area is 121 Å². The van der Waals surface area contributed by atoms with Crippen LogP contribution < -0.4 is 5.32 Å². The summed E-state index contributed by atoms with van der Waals surface area (Å²) >= 11 is 0. The van der Waals surface area contributed by atoms with Gasteiger partial charge in [0.05, 0.1) is 0 Å². The Morgan fingerprint density at radius 2 is 1.85 bits per heavy atom. The fourth-order valence-electron chi connectivity index (χ4n) is 4.56. The van der Waals surface area contributed by atoms with Crippen molar-refractivity contribution >= 4 is 16.5 Å². The summed E-state index contributed by atoms with van der Waals surface area (Å²) in [5, 5.41) is 6.42. The van der Waals surface area contributed by atoms with Crippen LogP contribution in [0, 0.1) is 17.8 Å². The Balaban J connectivity index is 1.52. The summed E-state index contributed by atoms with van der Waals surface area (Å²) in [6, 6.07) is 15.9. The lowest BCUT2D eigenvalue weighted by molar-refractivity contribution is 0.304. The van der Waals surface area contributed by atoms with Gasteiger partial charge < -0.3 is 5.32 Å². The summed E-state index contributed by atoms with van der Waals surface area (Å²) in [4.78, 5) is 0. The second-order valence-electron chi connectivity index (χ2n) is 6.83. The van der Waals surface area contributed by atoms with E-state index in [9.17, 15) is 0 Å². The SMILES string of the molecule is CC(Nc1ccc2ccccc2c1)C1CC2CCC1C2. The van der Waals surface area contributed by atoms with Gasteiger partial charge in [0.25, 0.3) is 0 Å². The molecule has 1 nitrogen and oxygen atoms in total. The van der Waals surface area contributed by atoms with E-state index in [1.165, 1.54) is 42.1 Å². The summed E-state index contributed by atoms with van der Waals surface area (Å²) in [6.07, 6.45) is 5.91. The number of benzene rings is 2. The summed E-state index contributed by atoms with van der Waals surface area (Å²) < 4.78 is 0. The Hall–Kier alpha value is -1.50. The van der Waals surface area contributed by atoms with Gasteiger partial charge in [-0.3, -0.25) is 0 Å². The number of hydrogen-bond donors (Lipinski definition) is 1. The number of fused-ring (bicyclic) bond motifs is 3. The average Bonchev–Trinajstić information content (AvgIpc) is 3.10. The van der Waals surface area contributed by atoms with Crippen LogP contribution >= 0.6 is 0 Å². The molecule has 2 fully saturated rings. The molecular formula is C19H23N. The van der Waals surface area contributed by atoms with Gasteiger partial charge >= 0.3 is 0 Å². The van der Waals surface area contributed by atoms with Gasteiger partial charge in [-0.15, -0.1) is 0 Å². The van der Waals surface area contributed by atoms with E-state index >= 15 is 0 Å². The van der Waals surface area contributed by atoms with Gasteiger partial charge in [0.15, 0.2) is 0 Å². The van der Waals surface area contributed by atoms with Crippen LogP contribution in [-0.2, 0) is 0 Å². The van der Waals surface area contributed by atoms with Crippen LogP contribution in [0.2, 0.25) is 0 Å². The van der Waals surface area contributed by atoms with Crippen molar-refractivity contribution in [2.75, 3.05) is 5.32 Å². The van der Waals surface area contributed by atoms with E-state index in [1.807, 2.05) is 0 Å². The van der Waals surface area contributed by atoms with Gasteiger partial charge in [-0.05, 0) is 66.8 Å². The molecule has 0 amide bonds. The Kier molecular flexibility index (Phi) is 2.94. The van der Waals surface area contributed by atoms with Crippen LogP contribution in [0.4, 0.5) is 5.69 Å². The van der Waals surface area contributed by atoms with Crippen LogP contribution in [0.25, 0.3) is 10.8 Å². The van der Waals surface area contributed by atoms with Gasteiger partial charge in [-0.1, -0.05) is 36.8 Å². The van der Waals surface area contributed by atoms with Crippen molar-refractivity contribution in [3.8, 4) is 0 Å². The molecule has 0 aliphatic heterocycles. The minimum atomic E-state index is 0.603. The molecule has 1 heteroatoms. The molecule has 2 aromatic carbocycles. The van der Waals surface area contributed by atoms with Crippen LogP contribution in [0.15, 0.2) is 42.5 Å². The molecular weight excluding hydrogens is 242 g/mol. The number of hydrogen-bond acceptors (Lipinski definition) is 1. The zero-order valence-corrected chi connectivity index (χ0v) is 12.2. The van der Waals surface area contributed by atoms with Crippen molar-refractivity contribution in [2.45, 2.75) is 38.6 Å². The van der Waals surface area contributed by atoms with Gasteiger partial charge in [-0.2, -0.15) is 0 Å². The molecule has 0 saturated heterocycles. The first kappa shape index (κ1) is 12.3. The highest BCUT2D eigenvalue weighted by atomic mass is 14.9. The van der Waals surface area contributed by atoms with Crippen LogP contribution in [-0.4, -0.2) is 6.04 Å². The highest BCUT2D eigenvalue weighted by Gasteiger charge is 2.41. The van der Waals surface area contributed by atoms with Crippen LogP contribution in [0.5, 0.6) is 0 Å². The fourth-order valence-corrected chi connectivity index (χ4v) is 4.56. The van der Waals surface area contributed by atoms with E-state index < -0.39 is 0 Å². The quantitative estimate of drug-likeness (QED) is 0.816. The second kappa shape index (κ2) is 4.80. The van der Waals surface area contributed by atoms with E-state index in [0.29, 0.717) is 6.04 Å². The van der Waals surface area contributed by atoms with E-state index in [0.717, 1.165) is 17.8 Å². The molecule has 2 aromatic rings. The molecule has 2 aliphatic rings. The zero-order chi connectivity index (χ0) is 13.5. The van der Waals surface area contributed by atoms with Crippen molar-refractivity contribution < 1.29 is 0 Å². The number of nitrogens with one attached hydrogen (secondary N) is 1. The molecule has 1 N–H and O–H groups in total. The number of rotatable bonds is 3. The third-order valence-corrected chi connectivity index (χ3v) is 5.58.